The van der Waals surface area contributed by atoms with Crippen molar-refractivity contribution in [3.8, 4) is 34.0 Å². The predicted octanol–water partition coefficient (Wildman–Crippen LogP) is 5.46. The molecule has 0 spiro atoms. The Kier molecular flexibility index (Phi) is 3.37. The van der Waals surface area contributed by atoms with Crippen LogP contribution in [-0.2, 0) is 0 Å². The zero-order valence-corrected chi connectivity index (χ0v) is 14.3. The Balaban J connectivity index is 1.71. The van der Waals surface area contributed by atoms with Gasteiger partial charge in [-0.3, -0.25) is 0 Å². The second kappa shape index (κ2) is 5.88. The van der Waals surface area contributed by atoms with Crippen LogP contribution in [-0.4, -0.2) is 20.2 Å². The maximum atomic E-state index is 10.5. The van der Waals surface area contributed by atoms with Crippen molar-refractivity contribution in [3.63, 3.8) is 0 Å². The van der Waals surface area contributed by atoms with Crippen molar-refractivity contribution in [3.05, 3.63) is 78.9 Å². The van der Waals surface area contributed by atoms with Crippen molar-refractivity contribution in [2.45, 2.75) is 0 Å². The lowest BCUT2D eigenvalue weighted by molar-refractivity contribution is 0.460. The van der Waals surface area contributed by atoms with E-state index in [1.807, 2.05) is 66.7 Å². The van der Waals surface area contributed by atoms with E-state index in [4.69, 9.17) is 4.98 Å². The van der Waals surface area contributed by atoms with E-state index in [1.165, 1.54) is 0 Å². The lowest BCUT2D eigenvalue weighted by Gasteiger charge is -2.05. The molecule has 0 unspecified atom stereocenters. The second-order valence-corrected chi connectivity index (χ2v) is 6.55. The Bertz CT molecular complexity index is 1290. The highest BCUT2D eigenvalue weighted by Crippen LogP contribution is 2.38. The van der Waals surface area contributed by atoms with Gasteiger partial charge in [0.15, 0.2) is 5.88 Å². The number of H-pyrrole nitrogens is 1. The zero-order chi connectivity index (χ0) is 18.4. The predicted molar refractivity (Wildman–Crippen MR) is 108 cm³/mol. The van der Waals surface area contributed by atoms with Crippen molar-refractivity contribution >= 4 is 21.8 Å². The number of pyridine rings is 1. The van der Waals surface area contributed by atoms with Gasteiger partial charge in [0, 0.05) is 16.3 Å². The van der Waals surface area contributed by atoms with Gasteiger partial charge >= 0.3 is 0 Å². The number of hydrogen-bond donors (Lipinski definition) is 3. The first-order valence-electron chi connectivity index (χ1n) is 8.69. The number of hydrogen-bond acceptors (Lipinski definition) is 3. The number of para-hydroxylation sites is 1. The van der Waals surface area contributed by atoms with Crippen molar-refractivity contribution in [2.75, 3.05) is 0 Å². The van der Waals surface area contributed by atoms with Crippen LogP contribution >= 0.6 is 0 Å². The molecule has 0 aliphatic heterocycles. The maximum absolute atomic E-state index is 10.5. The van der Waals surface area contributed by atoms with Gasteiger partial charge in [-0.1, -0.05) is 42.5 Å². The smallest absolute Gasteiger partial charge is 0.199 e. The van der Waals surface area contributed by atoms with E-state index in [2.05, 4.69) is 4.98 Å². The summed E-state index contributed by atoms with van der Waals surface area (Å²) in [6.45, 7) is 0. The minimum absolute atomic E-state index is 0.107. The summed E-state index contributed by atoms with van der Waals surface area (Å²) < 4.78 is 0. The van der Waals surface area contributed by atoms with Crippen LogP contribution in [0, 0.1) is 0 Å². The summed E-state index contributed by atoms with van der Waals surface area (Å²) in [4.78, 5) is 7.77. The topological polar surface area (TPSA) is 69.1 Å². The fourth-order valence-electron chi connectivity index (χ4n) is 3.48. The molecule has 5 rings (SSSR count). The van der Waals surface area contributed by atoms with Crippen molar-refractivity contribution in [1.82, 2.24) is 9.97 Å². The summed E-state index contributed by atoms with van der Waals surface area (Å²) in [6.07, 6.45) is 0. The van der Waals surface area contributed by atoms with Gasteiger partial charge in [-0.15, -0.1) is 0 Å². The summed E-state index contributed by atoms with van der Waals surface area (Å²) in [5.41, 5.74) is 5.14. The van der Waals surface area contributed by atoms with E-state index in [-0.39, 0.29) is 11.6 Å². The highest BCUT2D eigenvalue weighted by molar-refractivity contribution is 6.01. The van der Waals surface area contributed by atoms with Crippen molar-refractivity contribution in [2.24, 2.45) is 0 Å². The molecule has 3 N–H and O–H groups in total. The largest absolute Gasteiger partial charge is 0.508 e. The van der Waals surface area contributed by atoms with Gasteiger partial charge in [0.25, 0.3) is 0 Å². The van der Waals surface area contributed by atoms with Gasteiger partial charge in [0.2, 0.25) is 0 Å². The lowest BCUT2D eigenvalue weighted by Crippen LogP contribution is -1.85. The monoisotopic (exact) mass is 352 g/mol. The third-order valence-electron chi connectivity index (χ3n) is 4.83. The molecule has 4 nitrogen and oxygen atoms in total. The Hall–Kier alpha value is -3.79. The first-order valence-corrected chi connectivity index (χ1v) is 8.69. The zero-order valence-electron chi connectivity index (χ0n) is 14.3. The molecule has 0 fully saturated rings. The Labute approximate surface area is 155 Å². The van der Waals surface area contributed by atoms with E-state index in [1.54, 1.807) is 12.1 Å². The quantitative estimate of drug-likeness (QED) is 0.395. The van der Waals surface area contributed by atoms with Gasteiger partial charge in [-0.05, 0) is 47.5 Å². The number of fused-ring (bicyclic) bond motifs is 2. The van der Waals surface area contributed by atoms with Crippen LogP contribution in [0.15, 0.2) is 78.9 Å². The standard InChI is InChI=1S/C23H16N2O2/c26-17-9-5-14(6-10-17)16-8-11-20-18(13-16)22(23(27)25-20)21-12-7-15-3-1-2-4-19(15)24-21/h1-13,25-27H. The van der Waals surface area contributed by atoms with E-state index >= 15 is 0 Å². The molecular weight excluding hydrogens is 336 g/mol. The first-order chi connectivity index (χ1) is 13.2. The second-order valence-electron chi connectivity index (χ2n) is 6.55. The molecule has 27 heavy (non-hydrogen) atoms. The summed E-state index contributed by atoms with van der Waals surface area (Å²) in [5, 5.41) is 22.0. The van der Waals surface area contributed by atoms with Gasteiger partial charge in [0.05, 0.1) is 16.8 Å². The molecule has 4 heteroatoms. The molecule has 2 aromatic heterocycles. The molecule has 0 amide bonds. The number of nitrogens with one attached hydrogen (secondary N) is 1. The van der Waals surface area contributed by atoms with Crippen LogP contribution in [0.4, 0.5) is 0 Å². The minimum atomic E-state index is 0.107. The summed E-state index contributed by atoms with van der Waals surface area (Å²) >= 11 is 0. The van der Waals surface area contributed by atoms with E-state index in [0.717, 1.165) is 38.6 Å². The highest BCUT2D eigenvalue weighted by Gasteiger charge is 2.15. The van der Waals surface area contributed by atoms with Crippen LogP contribution in [0.5, 0.6) is 11.6 Å². The fourth-order valence-corrected chi connectivity index (χ4v) is 3.48. The van der Waals surface area contributed by atoms with Crippen LogP contribution in [0.1, 0.15) is 0 Å². The normalized spacial score (nSPS) is 11.3. The third kappa shape index (κ3) is 2.59. The highest BCUT2D eigenvalue weighted by atomic mass is 16.3. The van der Waals surface area contributed by atoms with Gasteiger partial charge in [-0.25, -0.2) is 4.98 Å². The number of phenolic OH excluding ortho intramolecular Hbond substituents is 1. The fraction of sp³-hybridized carbons (Fsp3) is 0. The van der Waals surface area contributed by atoms with Gasteiger partial charge in [-0.2, -0.15) is 0 Å². The number of benzene rings is 3. The molecular formula is C23H16N2O2. The summed E-state index contributed by atoms with van der Waals surface area (Å²) in [5.74, 6) is 0.343. The number of phenols is 1. The number of nitrogens with zero attached hydrogens (tertiary/aromatic N) is 1. The van der Waals surface area contributed by atoms with E-state index < -0.39 is 0 Å². The number of aromatic amines is 1. The maximum Gasteiger partial charge on any atom is 0.199 e. The SMILES string of the molecule is Oc1ccc(-c2ccc3[nH]c(O)c(-c4ccc5ccccc5n4)c3c2)cc1. The third-order valence-corrected chi connectivity index (χ3v) is 4.83. The van der Waals surface area contributed by atoms with Crippen LogP contribution < -0.4 is 0 Å². The molecule has 130 valence electrons. The molecule has 0 radical (unpaired) electrons. The van der Waals surface area contributed by atoms with E-state index in [0.29, 0.717) is 5.56 Å². The lowest BCUT2D eigenvalue weighted by atomic mass is 10.0. The average Bonchev–Trinajstić information content (AvgIpc) is 3.03. The van der Waals surface area contributed by atoms with Gasteiger partial charge in [0.1, 0.15) is 5.75 Å². The van der Waals surface area contributed by atoms with Gasteiger partial charge < -0.3 is 15.2 Å². The molecule has 3 aromatic carbocycles. The molecule has 2 heterocycles. The van der Waals surface area contributed by atoms with Crippen LogP contribution in [0.3, 0.4) is 0 Å². The van der Waals surface area contributed by atoms with Crippen LogP contribution in [0.2, 0.25) is 0 Å². The molecule has 0 saturated carbocycles. The molecule has 0 aliphatic carbocycles. The van der Waals surface area contributed by atoms with E-state index in [9.17, 15) is 10.2 Å². The number of aromatic nitrogens is 2. The van der Waals surface area contributed by atoms with Crippen molar-refractivity contribution in [1.29, 1.82) is 0 Å². The Morgan fingerprint density at radius 2 is 1.52 bits per heavy atom. The first kappa shape index (κ1) is 15.5. The molecule has 0 bridgehead atoms. The Morgan fingerprint density at radius 1 is 0.741 bits per heavy atom. The van der Waals surface area contributed by atoms with Crippen LogP contribution in [0.25, 0.3) is 44.2 Å². The minimum Gasteiger partial charge on any atom is -0.508 e. The summed E-state index contributed by atoms with van der Waals surface area (Å²) in [7, 11) is 0. The summed E-state index contributed by atoms with van der Waals surface area (Å²) in [6, 6.07) is 24.9. The number of aromatic hydroxyl groups is 2. The molecule has 0 aliphatic rings. The molecule has 0 saturated heterocycles. The van der Waals surface area contributed by atoms with Crippen molar-refractivity contribution < 1.29 is 10.2 Å². The Morgan fingerprint density at radius 3 is 2.37 bits per heavy atom. The molecule has 5 aromatic rings. The average molecular weight is 352 g/mol. The molecule has 0 atom stereocenters. The number of rotatable bonds is 2.